The zero-order valence-electron chi connectivity index (χ0n) is 19.4. The van der Waals surface area contributed by atoms with Gasteiger partial charge in [0.2, 0.25) is 17.7 Å². The smallest absolute Gasteiger partial charge is 0.233 e. The number of aromatic nitrogens is 2. The highest BCUT2D eigenvalue weighted by molar-refractivity contribution is 6.05. The van der Waals surface area contributed by atoms with Crippen LogP contribution in [0.1, 0.15) is 54.6 Å². The number of rotatable bonds is 6. The second-order valence-electron chi connectivity index (χ2n) is 9.17. The Balaban J connectivity index is 1.41. The molecule has 0 bridgehead atoms. The maximum atomic E-state index is 12.8. The van der Waals surface area contributed by atoms with E-state index in [1.807, 2.05) is 36.7 Å². The summed E-state index contributed by atoms with van der Waals surface area (Å²) in [5.41, 5.74) is 5.07. The lowest BCUT2D eigenvalue weighted by molar-refractivity contribution is -0.140. The summed E-state index contributed by atoms with van der Waals surface area (Å²) in [6.45, 7) is 6.64. The third-order valence-electron chi connectivity index (χ3n) is 7.09. The summed E-state index contributed by atoms with van der Waals surface area (Å²) >= 11 is 0. The summed E-state index contributed by atoms with van der Waals surface area (Å²) in [4.78, 5) is 41.1. The number of hydrogen-bond donors (Lipinski definition) is 0. The fourth-order valence-corrected chi connectivity index (χ4v) is 5.11. The summed E-state index contributed by atoms with van der Waals surface area (Å²) in [5, 5.41) is 4.71. The highest BCUT2D eigenvalue weighted by Crippen LogP contribution is 2.38. The number of likely N-dealkylation sites (tertiary alicyclic amines) is 1. The normalized spacial score (nSPS) is 20.6. The quantitative estimate of drug-likeness (QED) is 0.651. The molecule has 1 saturated carbocycles. The zero-order valence-corrected chi connectivity index (χ0v) is 19.4. The molecule has 1 aliphatic heterocycles. The third-order valence-corrected chi connectivity index (χ3v) is 7.09. The number of carbonyl (C=O) groups excluding carboxylic acids is 3. The van der Waals surface area contributed by atoms with Crippen molar-refractivity contribution in [3.8, 4) is 5.69 Å². The van der Waals surface area contributed by atoms with Crippen molar-refractivity contribution in [3.05, 3.63) is 46.8 Å². The average molecular weight is 437 g/mol. The molecular formula is C25H32N4O3. The molecule has 2 fully saturated rings. The Labute approximate surface area is 189 Å². The minimum atomic E-state index is -0.165. The highest BCUT2D eigenvalue weighted by Gasteiger charge is 2.47. The molecule has 32 heavy (non-hydrogen) atoms. The van der Waals surface area contributed by atoms with Gasteiger partial charge in [0.15, 0.2) is 0 Å². The van der Waals surface area contributed by atoms with Gasteiger partial charge in [-0.3, -0.25) is 19.3 Å². The first-order valence-corrected chi connectivity index (χ1v) is 11.5. The van der Waals surface area contributed by atoms with Crippen molar-refractivity contribution in [2.75, 3.05) is 13.6 Å². The number of imide groups is 1. The fraction of sp³-hybridized carbons (Fsp3) is 0.520. The van der Waals surface area contributed by atoms with Crippen molar-refractivity contribution in [3.63, 3.8) is 0 Å². The van der Waals surface area contributed by atoms with E-state index in [1.54, 1.807) is 11.9 Å². The van der Waals surface area contributed by atoms with Crippen LogP contribution < -0.4 is 0 Å². The Bertz CT molecular complexity index is 1030. The number of nitrogens with zero attached hydrogens (tertiary/aromatic N) is 4. The average Bonchev–Trinajstić information content (AvgIpc) is 3.20. The molecule has 0 spiro atoms. The Morgan fingerprint density at radius 1 is 1.06 bits per heavy atom. The van der Waals surface area contributed by atoms with Gasteiger partial charge in [-0.05, 0) is 45.2 Å². The van der Waals surface area contributed by atoms with Gasteiger partial charge in [-0.2, -0.15) is 5.10 Å². The molecule has 1 aromatic heterocycles. The van der Waals surface area contributed by atoms with E-state index in [9.17, 15) is 14.4 Å². The summed E-state index contributed by atoms with van der Waals surface area (Å²) in [5.74, 6) is -0.575. The van der Waals surface area contributed by atoms with Crippen LogP contribution in [0, 0.1) is 32.6 Å². The molecule has 2 atom stereocenters. The van der Waals surface area contributed by atoms with Gasteiger partial charge in [0.25, 0.3) is 0 Å². The predicted molar refractivity (Wildman–Crippen MR) is 121 cm³/mol. The van der Waals surface area contributed by atoms with E-state index in [-0.39, 0.29) is 42.5 Å². The Hall–Kier alpha value is -2.96. The molecule has 3 amide bonds. The Kier molecular flexibility index (Phi) is 6.17. The standard InChI is InChI=1S/C25H32N4O3/c1-16-9-5-8-12-22(16)29-18(3)21(17(2)26-29)15-27(4)23(30)13-14-28-24(31)19-10-6-7-11-20(19)25(28)32/h5,8-9,12,19-20H,6-7,10-11,13-15H2,1-4H3. The third kappa shape index (κ3) is 3.96. The molecule has 0 radical (unpaired) electrons. The van der Waals surface area contributed by atoms with Crippen molar-refractivity contribution >= 4 is 17.7 Å². The number of carbonyl (C=O) groups is 3. The molecule has 2 aliphatic rings. The summed E-state index contributed by atoms with van der Waals surface area (Å²) in [6.07, 6.45) is 3.75. The van der Waals surface area contributed by atoms with Gasteiger partial charge < -0.3 is 4.90 Å². The SMILES string of the molecule is Cc1ccccc1-n1nc(C)c(CN(C)C(=O)CCN2C(=O)C3CCCCC3C2=O)c1C. The number of hydrogen-bond acceptors (Lipinski definition) is 4. The van der Waals surface area contributed by atoms with Crippen molar-refractivity contribution in [1.29, 1.82) is 0 Å². The van der Waals surface area contributed by atoms with E-state index in [2.05, 4.69) is 13.0 Å². The molecule has 7 nitrogen and oxygen atoms in total. The lowest BCUT2D eigenvalue weighted by Crippen LogP contribution is -2.36. The maximum absolute atomic E-state index is 12.8. The van der Waals surface area contributed by atoms with E-state index in [4.69, 9.17) is 5.10 Å². The molecule has 0 N–H and O–H groups in total. The largest absolute Gasteiger partial charge is 0.341 e. The summed E-state index contributed by atoms with van der Waals surface area (Å²) in [7, 11) is 1.76. The van der Waals surface area contributed by atoms with Gasteiger partial charge in [-0.15, -0.1) is 0 Å². The van der Waals surface area contributed by atoms with E-state index in [0.29, 0.717) is 6.54 Å². The van der Waals surface area contributed by atoms with Crippen LogP contribution in [0.2, 0.25) is 0 Å². The highest BCUT2D eigenvalue weighted by atomic mass is 16.2. The first-order chi connectivity index (χ1) is 15.3. The molecule has 170 valence electrons. The number of aryl methyl sites for hydroxylation is 2. The van der Waals surface area contributed by atoms with Crippen LogP contribution in [0.25, 0.3) is 5.69 Å². The van der Waals surface area contributed by atoms with Crippen LogP contribution in [-0.2, 0) is 20.9 Å². The van der Waals surface area contributed by atoms with Gasteiger partial charge in [-0.25, -0.2) is 4.68 Å². The molecule has 1 saturated heterocycles. The van der Waals surface area contributed by atoms with Crippen molar-refractivity contribution in [2.24, 2.45) is 11.8 Å². The first kappa shape index (κ1) is 22.2. The molecule has 2 aromatic rings. The van der Waals surface area contributed by atoms with Crippen LogP contribution >= 0.6 is 0 Å². The van der Waals surface area contributed by atoms with Crippen LogP contribution in [0.5, 0.6) is 0 Å². The van der Waals surface area contributed by atoms with Crippen LogP contribution in [0.4, 0.5) is 0 Å². The molecular weight excluding hydrogens is 404 g/mol. The lowest BCUT2D eigenvalue weighted by Gasteiger charge is -2.20. The predicted octanol–water partition coefficient (Wildman–Crippen LogP) is 3.32. The Morgan fingerprint density at radius 3 is 2.31 bits per heavy atom. The molecule has 7 heteroatoms. The van der Waals surface area contributed by atoms with Gasteiger partial charge in [-0.1, -0.05) is 31.0 Å². The van der Waals surface area contributed by atoms with E-state index < -0.39 is 0 Å². The van der Waals surface area contributed by atoms with E-state index >= 15 is 0 Å². The van der Waals surface area contributed by atoms with Gasteiger partial charge in [0.1, 0.15) is 0 Å². The lowest BCUT2D eigenvalue weighted by atomic mass is 9.81. The van der Waals surface area contributed by atoms with E-state index in [1.165, 1.54) is 4.90 Å². The van der Waals surface area contributed by atoms with Crippen molar-refractivity contribution in [1.82, 2.24) is 19.6 Å². The topological polar surface area (TPSA) is 75.5 Å². The fourth-order valence-electron chi connectivity index (χ4n) is 5.11. The summed E-state index contributed by atoms with van der Waals surface area (Å²) in [6, 6.07) is 8.08. The summed E-state index contributed by atoms with van der Waals surface area (Å²) < 4.78 is 1.93. The second-order valence-corrected chi connectivity index (χ2v) is 9.17. The van der Waals surface area contributed by atoms with Gasteiger partial charge in [0, 0.05) is 37.8 Å². The number of para-hydroxylation sites is 1. The minimum absolute atomic E-state index is 0.0806. The van der Waals surface area contributed by atoms with Crippen LogP contribution in [0.15, 0.2) is 24.3 Å². The Morgan fingerprint density at radius 2 is 1.69 bits per heavy atom. The van der Waals surface area contributed by atoms with Gasteiger partial charge >= 0.3 is 0 Å². The minimum Gasteiger partial charge on any atom is -0.341 e. The van der Waals surface area contributed by atoms with Crippen molar-refractivity contribution < 1.29 is 14.4 Å². The van der Waals surface area contributed by atoms with Gasteiger partial charge in [0.05, 0.1) is 23.2 Å². The first-order valence-electron chi connectivity index (χ1n) is 11.5. The van der Waals surface area contributed by atoms with Crippen LogP contribution in [0.3, 0.4) is 0 Å². The molecule has 1 aliphatic carbocycles. The molecule has 2 heterocycles. The number of amides is 3. The molecule has 1 aromatic carbocycles. The number of fused-ring (bicyclic) bond motifs is 1. The van der Waals surface area contributed by atoms with Crippen molar-refractivity contribution in [2.45, 2.75) is 59.4 Å². The second kappa shape index (κ2) is 8.88. The van der Waals surface area contributed by atoms with E-state index in [0.717, 1.165) is 53.9 Å². The zero-order chi connectivity index (χ0) is 23.0. The monoisotopic (exact) mass is 436 g/mol. The molecule has 4 rings (SSSR count). The molecule has 2 unspecified atom stereocenters. The maximum Gasteiger partial charge on any atom is 0.233 e. The van der Waals surface area contributed by atoms with Crippen LogP contribution in [-0.4, -0.2) is 50.9 Å². The number of benzene rings is 1.